The molecule has 115 heavy (non-hydrogen) atoms. The molecule has 4 N–H and O–H groups in total. The van der Waals surface area contributed by atoms with E-state index in [4.69, 9.17) is 32.3 Å². The lowest BCUT2D eigenvalue weighted by molar-refractivity contribution is -0.161. The molecule has 0 aliphatic carbocycles. The summed E-state index contributed by atoms with van der Waals surface area (Å²) in [5.41, 5.74) is 0. The lowest BCUT2D eigenvalue weighted by Crippen LogP contribution is -2.30. The van der Waals surface area contributed by atoms with Crippen molar-refractivity contribution in [3.05, 3.63) is 122 Å². The number of phosphoric acid groups is 2. The van der Waals surface area contributed by atoms with Crippen LogP contribution in [0.15, 0.2) is 122 Å². The molecule has 16 nitrogen and oxygen atoms in total. The molecule has 666 valence electrons. The monoisotopic (exact) mass is 1660 g/mol. The smallest absolute Gasteiger partial charge is 0.463 e. The molecule has 0 aromatic heterocycles. The Balaban J connectivity index is 4.43. The summed E-state index contributed by atoms with van der Waals surface area (Å²) in [7, 11) is -9.80. The second-order valence-electron chi connectivity index (χ2n) is 31.4. The minimum Gasteiger partial charge on any atom is -0.463 e. The van der Waals surface area contributed by atoms with Gasteiger partial charge in [-0.3, -0.25) is 32.5 Å². The first kappa shape index (κ1) is 111. The van der Waals surface area contributed by atoms with E-state index >= 15 is 0 Å². The third kappa shape index (κ3) is 90.6. The van der Waals surface area contributed by atoms with Gasteiger partial charge in [-0.1, -0.05) is 386 Å². The van der Waals surface area contributed by atoms with E-state index in [1.807, 2.05) is 0 Å². The van der Waals surface area contributed by atoms with Gasteiger partial charge in [-0.2, -0.15) is 0 Å². The van der Waals surface area contributed by atoms with Crippen LogP contribution in [0.5, 0.6) is 0 Å². The number of unbranched alkanes of at least 4 members (excludes halogenated alkanes) is 46. The van der Waals surface area contributed by atoms with E-state index in [0.717, 1.165) is 128 Å². The Morgan fingerprint density at radius 3 is 0.757 bits per heavy atom. The number of carbonyl (C=O) groups excluding carboxylic acids is 3. The van der Waals surface area contributed by atoms with Crippen molar-refractivity contribution in [1.82, 2.24) is 0 Å². The van der Waals surface area contributed by atoms with Crippen molar-refractivity contribution in [3.63, 3.8) is 0 Å². The van der Waals surface area contributed by atoms with Crippen LogP contribution in [0.4, 0.5) is 0 Å². The van der Waals surface area contributed by atoms with E-state index in [-0.39, 0.29) is 19.3 Å². The number of phosphoric ester groups is 2. The molecule has 0 heterocycles. The number of hydrogen-bond donors (Lipinski definition) is 4. The van der Waals surface area contributed by atoms with E-state index in [1.165, 1.54) is 231 Å². The molecule has 0 rings (SSSR count). The summed E-state index contributed by atoms with van der Waals surface area (Å²) < 4.78 is 61.4. The number of hydrogen-bond acceptors (Lipinski definition) is 14. The van der Waals surface area contributed by atoms with Gasteiger partial charge in [0.05, 0.1) is 26.4 Å². The average Bonchev–Trinajstić information content (AvgIpc) is 0.893. The van der Waals surface area contributed by atoms with Gasteiger partial charge in [-0.25, -0.2) is 9.13 Å². The van der Waals surface area contributed by atoms with Crippen molar-refractivity contribution in [1.29, 1.82) is 0 Å². The predicted octanol–water partition coefficient (Wildman–Crippen LogP) is 28.8. The van der Waals surface area contributed by atoms with Crippen molar-refractivity contribution >= 4 is 33.6 Å². The maximum atomic E-state index is 13.0. The van der Waals surface area contributed by atoms with Crippen LogP contribution in [0.3, 0.4) is 0 Å². The van der Waals surface area contributed by atoms with Crippen LogP contribution in [0.1, 0.15) is 419 Å². The zero-order valence-corrected chi connectivity index (χ0v) is 75.2. The van der Waals surface area contributed by atoms with E-state index in [2.05, 4.69) is 142 Å². The van der Waals surface area contributed by atoms with Gasteiger partial charge < -0.3 is 34.2 Å². The SMILES string of the molecule is CC/C=C\C/C=C\C/C=C\C/C=C\C/C=C\CCCCCCCCCCCCCCCCCC(=O)OCC(COP(=O)(O)OCC(O)COP(=O)(O)OCC(O)COC(=O)CCCCCCCCCCCCCCCCCCC/C=C\C/C=C\C/C=C\C/C=C\CCCCC)OC(=O)CCCCCCC/C=C\CCCCCCCC. The fourth-order valence-corrected chi connectivity index (χ4v) is 14.6. The first-order chi connectivity index (χ1) is 56.2. The number of allylic oxidation sites excluding steroid dienone is 20. The van der Waals surface area contributed by atoms with Gasteiger partial charge in [0.25, 0.3) is 0 Å². The number of aliphatic hydroxyl groups is 2. The number of esters is 3. The lowest BCUT2D eigenvalue weighted by atomic mass is 10.0. The highest BCUT2D eigenvalue weighted by Crippen LogP contribution is 2.45. The average molecular weight is 1660 g/mol. The summed E-state index contributed by atoms with van der Waals surface area (Å²) >= 11 is 0. The molecule has 0 saturated heterocycles. The minimum absolute atomic E-state index is 0.0962. The zero-order valence-electron chi connectivity index (χ0n) is 73.4. The molecular formula is C97H172O16P2. The van der Waals surface area contributed by atoms with Crippen molar-refractivity contribution in [2.45, 2.75) is 437 Å². The second kappa shape index (κ2) is 89.2. The molecular weight excluding hydrogens is 1480 g/mol. The summed E-state index contributed by atoms with van der Waals surface area (Å²) in [5, 5.41) is 20.7. The van der Waals surface area contributed by atoms with Crippen molar-refractivity contribution in [2.75, 3.05) is 39.6 Å². The highest BCUT2D eigenvalue weighted by molar-refractivity contribution is 7.47. The summed E-state index contributed by atoms with van der Waals surface area (Å²) in [6.45, 7) is 2.60. The predicted molar refractivity (Wildman–Crippen MR) is 482 cm³/mol. The van der Waals surface area contributed by atoms with Crippen LogP contribution in [-0.4, -0.2) is 95.9 Å². The first-order valence-corrected chi connectivity index (χ1v) is 49.8. The van der Waals surface area contributed by atoms with Gasteiger partial charge in [-0.15, -0.1) is 0 Å². The van der Waals surface area contributed by atoms with Gasteiger partial charge in [0.2, 0.25) is 0 Å². The van der Waals surface area contributed by atoms with Crippen LogP contribution < -0.4 is 0 Å². The highest BCUT2D eigenvalue weighted by atomic mass is 31.2. The van der Waals surface area contributed by atoms with Crippen molar-refractivity contribution < 1.29 is 75.8 Å². The maximum absolute atomic E-state index is 13.0. The molecule has 0 fully saturated rings. The van der Waals surface area contributed by atoms with Crippen LogP contribution in [-0.2, 0) is 55.8 Å². The normalized spacial score (nSPS) is 14.3. The molecule has 0 radical (unpaired) electrons. The Hall–Kier alpha value is -4.05. The molecule has 5 atom stereocenters. The molecule has 0 bridgehead atoms. The Morgan fingerprint density at radius 1 is 0.252 bits per heavy atom. The molecule has 5 unspecified atom stereocenters. The second-order valence-corrected chi connectivity index (χ2v) is 34.3. The standard InChI is InChI=1S/C97H172O16P2/c1-4-7-10-13-16-19-22-25-28-30-32-34-36-38-40-42-44-45-47-49-50-52-54-56-58-60-63-65-68-71-74-77-80-83-95(100)107-86-92(98)87-109-114(103,104)110-88-93(99)89-111-115(105,106)112-91-94(113-97(102)85-82-79-76-73-70-67-62-27-24-21-18-15-12-9-6-3)90-108-96(101)84-81-78-75-72-69-66-64-61-59-57-55-53-51-48-46-43-41-39-37-35-33-31-29-26-23-20-17-14-11-8-5-2/h8,11,16-17,19-20,25-29,32-35,38-41,62,92-94,98-99H,4-7,9-10,12-15,18,21-24,30-31,36-37,42-61,63-91H2,1-3H3,(H,103,104)(H,105,106)/b11-8-,19-16-,20-17-,28-25-,29-26-,34-32-,35-33-,40-38-,41-39-,62-27-. The van der Waals surface area contributed by atoms with Crippen molar-refractivity contribution in [2.24, 2.45) is 0 Å². The molecule has 18 heteroatoms. The van der Waals surface area contributed by atoms with E-state index in [1.54, 1.807) is 0 Å². The first-order valence-electron chi connectivity index (χ1n) is 46.8. The third-order valence-corrected chi connectivity index (χ3v) is 22.0. The topological polar surface area (TPSA) is 231 Å². The van der Waals surface area contributed by atoms with Crippen LogP contribution in [0.25, 0.3) is 0 Å². The molecule has 0 aliphatic heterocycles. The summed E-state index contributed by atoms with van der Waals surface area (Å²) in [6.07, 6.45) is 110. The van der Waals surface area contributed by atoms with Gasteiger partial charge in [0, 0.05) is 19.3 Å². The molecule has 0 aliphatic rings. The molecule has 0 amide bonds. The Labute approximate surface area is 703 Å². The van der Waals surface area contributed by atoms with Gasteiger partial charge in [0.1, 0.15) is 25.4 Å². The van der Waals surface area contributed by atoms with E-state index in [9.17, 15) is 43.5 Å². The van der Waals surface area contributed by atoms with E-state index in [0.29, 0.717) is 19.3 Å². The fraction of sp³-hybridized carbons (Fsp3) is 0.763. The van der Waals surface area contributed by atoms with Crippen molar-refractivity contribution in [3.8, 4) is 0 Å². The molecule has 0 aromatic rings. The van der Waals surface area contributed by atoms with E-state index < -0.39 is 91.5 Å². The Kier molecular flexibility index (Phi) is 86.1. The summed E-state index contributed by atoms with van der Waals surface area (Å²) in [6, 6.07) is 0. The number of carbonyl (C=O) groups is 3. The summed E-state index contributed by atoms with van der Waals surface area (Å²) in [4.78, 5) is 58.9. The molecule has 0 saturated carbocycles. The molecule has 0 spiro atoms. The Bertz CT molecular complexity index is 2570. The maximum Gasteiger partial charge on any atom is 0.472 e. The van der Waals surface area contributed by atoms with Gasteiger partial charge >= 0.3 is 33.6 Å². The lowest BCUT2D eigenvalue weighted by Gasteiger charge is -2.21. The zero-order chi connectivity index (χ0) is 83.6. The largest absolute Gasteiger partial charge is 0.472 e. The number of rotatable bonds is 89. The fourth-order valence-electron chi connectivity index (χ4n) is 13.1. The number of aliphatic hydroxyl groups excluding tert-OH is 2. The van der Waals surface area contributed by atoms with Gasteiger partial charge in [-0.05, 0) is 135 Å². The van der Waals surface area contributed by atoms with Crippen LogP contribution in [0, 0.1) is 0 Å². The molecule has 0 aromatic carbocycles. The number of ether oxygens (including phenoxy) is 3. The quantitative estimate of drug-likeness (QED) is 0.0146. The highest BCUT2D eigenvalue weighted by Gasteiger charge is 2.30. The van der Waals surface area contributed by atoms with Crippen LogP contribution in [0.2, 0.25) is 0 Å². The van der Waals surface area contributed by atoms with Crippen LogP contribution >= 0.6 is 15.6 Å². The third-order valence-electron chi connectivity index (χ3n) is 20.1. The Morgan fingerprint density at radius 2 is 0.461 bits per heavy atom. The minimum atomic E-state index is -4.94. The van der Waals surface area contributed by atoms with Gasteiger partial charge in [0.15, 0.2) is 6.10 Å². The summed E-state index contributed by atoms with van der Waals surface area (Å²) in [5.74, 6) is -1.56.